The highest BCUT2D eigenvalue weighted by atomic mass is 28.4. The zero-order valence-corrected chi connectivity index (χ0v) is 16.1. The Hall–Kier alpha value is -0.493. The van der Waals surface area contributed by atoms with Crippen molar-refractivity contribution in [3.8, 4) is 0 Å². The second kappa shape index (κ2) is 7.86. The summed E-state index contributed by atoms with van der Waals surface area (Å²) >= 11 is 0. The maximum absolute atomic E-state index is 12.0. The molecule has 0 aromatic heterocycles. The third-order valence-electron chi connectivity index (χ3n) is 4.41. The van der Waals surface area contributed by atoms with Crippen LogP contribution >= 0.6 is 0 Å². The summed E-state index contributed by atoms with van der Waals surface area (Å²) < 4.78 is 17.5. The van der Waals surface area contributed by atoms with Gasteiger partial charge in [0.2, 0.25) is 0 Å². The standard InChI is InChI=1S/C17H32O4Si/c1-13(2)10-11-19-16-9-8-14(18)15(21-16)12-20-22(6,7)17(3,4)5/h8-9,13,15-16H,10-12H2,1-7H3/t15-,16+/m1/s1. The van der Waals surface area contributed by atoms with E-state index in [4.69, 9.17) is 13.9 Å². The molecule has 1 aliphatic heterocycles. The SMILES string of the molecule is CC(C)CCO[C@@H]1C=CC(=O)[C@@H](CO[Si](C)(C)C(C)(C)C)O1. The van der Waals surface area contributed by atoms with E-state index in [1.807, 2.05) is 0 Å². The van der Waals surface area contributed by atoms with Crippen molar-refractivity contribution in [2.45, 2.75) is 71.6 Å². The van der Waals surface area contributed by atoms with E-state index >= 15 is 0 Å². The van der Waals surface area contributed by atoms with Gasteiger partial charge in [-0.15, -0.1) is 0 Å². The molecule has 0 aromatic rings. The number of hydrogen-bond donors (Lipinski definition) is 0. The molecule has 2 atom stereocenters. The van der Waals surface area contributed by atoms with Gasteiger partial charge in [0.1, 0.15) is 6.10 Å². The summed E-state index contributed by atoms with van der Waals surface area (Å²) in [6.07, 6.45) is 3.23. The van der Waals surface area contributed by atoms with E-state index in [9.17, 15) is 4.79 Å². The van der Waals surface area contributed by atoms with Crippen LogP contribution < -0.4 is 0 Å². The van der Waals surface area contributed by atoms with E-state index in [2.05, 4.69) is 47.7 Å². The first-order valence-corrected chi connectivity index (χ1v) is 11.1. The third-order valence-corrected chi connectivity index (χ3v) is 8.91. The Morgan fingerprint density at radius 1 is 1.32 bits per heavy atom. The van der Waals surface area contributed by atoms with Gasteiger partial charge >= 0.3 is 0 Å². The zero-order chi connectivity index (χ0) is 17.0. The monoisotopic (exact) mass is 328 g/mol. The number of hydrogen-bond acceptors (Lipinski definition) is 4. The van der Waals surface area contributed by atoms with Crippen LogP contribution in [0.3, 0.4) is 0 Å². The Morgan fingerprint density at radius 2 is 1.95 bits per heavy atom. The Labute approximate surface area is 136 Å². The summed E-state index contributed by atoms with van der Waals surface area (Å²) in [5.74, 6) is 0.550. The van der Waals surface area contributed by atoms with Crippen molar-refractivity contribution in [1.29, 1.82) is 0 Å². The molecule has 1 rings (SSSR count). The number of carbonyl (C=O) groups is 1. The Balaban J connectivity index is 2.50. The molecule has 0 saturated heterocycles. The Kier molecular flexibility index (Phi) is 6.99. The van der Waals surface area contributed by atoms with Gasteiger partial charge in [-0.2, -0.15) is 0 Å². The van der Waals surface area contributed by atoms with Crippen LogP contribution in [0.4, 0.5) is 0 Å². The van der Waals surface area contributed by atoms with Gasteiger partial charge in [-0.1, -0.05) is 34.6 Å². The van der Waals surface area contributed by atoms with E-state index in [1.165, 1.54) is 0 Å². The van der Waals surface area contributed by atoms with Gasteiger partial charge < -0.3 is 13.9 Å². The van der Waals surface area contributed by atoms with E-state index < -0.39 is 20.7 Å². The molecule has 0 saturated carbocycles. The van der Waals surface area contributed by atoms with Crippen molar-refractivity contribution in [1.82, 2.24) is 0 Å². The van der Waals surface area contributed by atoms with Crippen LogP contribution in [0.15, 0.2) is 12.2 Å². The largest absolute Gasteiger partial charge is 0.414 e. The minimum absolute atomic E-state index is 0.0394. The minimum Gasteiger partial charge on any atom is -0.414 e. The van der Waals surface area contributed by atoms with E-state index in [0.29, 0.717) is 19.1 Å². The number of ether oxygens (including phenoxy) is 2. The summed E-state index contributed by atoms with van der Waals surface area (Å²) in [4.78, 5) is 12.0. The lowest BCUT2D eigenvalue weighted by Crippen LogP contribution is -2.45. The molecule has 128 valence electrons. The van der Waals surface area contributed by atoms with Gasteiger partial charge in [-0.25, -0.2) is 0 Å². The third kappa shape index (κ3) is 5.95. The fourth-order valence-electron chi connectivity index (χ4n) is 1.69. The smallest absolute Gasteiger partial charge is 0.192 e. The first-order valence-electron chi connectivity index (χ1n) is 8.16. The van der Waals surface area contributed by atoms with Crippen LogP contribution in [0.2, 0.25) is 18.1 Å². The van der Waals surface area contributed by atoms with Crippen LogP contribution in [0, 0.1) is 5.92 Å². The second-order valence-corrected chi connectivity index (χ2v) is 12.7. The van der Waals surface area contributed by atoms with E-state index in [-0.39, 0.29) is 10.8 Å². The topological polar surface area (TPSA) is 44.8 Å². The predicted molar refractivity (Wildman–Crippen MR) is 91.4 cm³/mol. The van der Waals surface area contributed by atoms with Crippen molar-refractivity contribution in [2.75, 3.05) is 13.2 Å². The maximum Gasteiger partial charge on any atom is 0.192 e. The van der Waals surface area contributed by atoms with Crippen molar-refractivity contribution in [3.63, 3.8) is 0 Å². The molecule has 0 bridgehead atoms. The lowest BCUT2D eigenvalue weighted by Gasteiger charge is -2.37. The lowest BCUT2D eigenvalue weighted by molar-refractivity contribution is -0.168. The van der Waals surface area contributed by atoms with Crippen LogP contribution in [0.25, 0.3) is 0 Å². The maximum atomic E-state index is 12.0. The van der Waals surface area contributed by atoms with Gasteiger partial charge in [0.05, 0.1) is 13.2 Å². The van der Waals surface area contributed by atoms with E-state index in [0.717, 1.165) is 6.42 Å². The quantitative estimate of drug-likeness (QED) is 0.664. The van der Waals surface area contributed by atoms with Gasteiger partial charge in [0, 0.05) is 0 Å². The summed E-state index contributed by atoms with van der Waals surface area (Å²) in [5.41, 5.74) is 0. The van der Waals surface area contributed by atoms with Gasteiger partial charge in [-0.05, 0) is 42.6 Å². The highest BCUT2D eigenvalue weighted by molar-refractivity contribution is 6.74. The molecule has 0 aromatic carbocycles. The highest BCUT2D eigenvalue weighted by Gasteiger charge is 2.38. The number of carbonyl (C=O) groups excluding carboxylic acids is 1. The van der Waals surface area contributed by atoms with Crippen LogP contribution in [-0.4, -0.2) is 39.7 Å². The normalized spacial score (nSPS) is 23.4. The Morgan fingerprint density at radius 3 is 2.50 bits per heavy atom. The first kappa shape index (κ1) is 19.6. The zero-order valence-electron chi connectivity index (χ0n) is 15.1. The highest BCUT2D eigenvalue weighted by Crippen LogP contribution is 2.36. The number of ketones is 1. The molecule has 0 N–H and O–H groups in total. The summed E-state index contributed by atoms with van der Waals surface area (Å²) in [6.45, 7) is 16.1. The molecule has 0 fully saturated rings. The molecule has 0 spiro atoms. The van der Waals surface area contributed by atoms with Crippen LogP contribution in [0.1, 0.15) is 41.0 Å². The predicted octanol–water partition coefficient (Wildman–Crippen LogP) is 3.92. The average molecular weight is 329 g/mol. The van der Waals surface area contributed by atoms with Crippen LogP contribution in [0.5, 0.6) is 0 Å². The summed E-state index contributed by atoms with van der Waals surface area (Å²) in [7, 11) is -1.88. The summed E-state index contributed by atoms with van der Waals surface area (Å²) in [5, 5.41) is 0.119. The van der Waals surface area contributed by atoms with E-state index in [1.54, 1.807) is 12.2 Å². The molecule has 0 radical (unpaired) electrons. The molecular weight excluding hydrogens is 296 g/mol. The van der Waals surface area contributed by atoms with Crippen molar-refractivity contribution in [3.05, 3.63) is 12.2 Å². The lowest BCUT2D eigenvalue weighted by atomic mass is 10.1. The van der Waals surface area contributed by atoms with Gasteiger partial charge in [0.25, 0.3) is 0 Å². The Bertz CT molecular complexity index is 396. The summed E-state index contributed by atoms with van der Waals surface area (Å²) in [6, 6.07) is 0. The number of rotatable bonds is 7. The molecule has 0 aliphatic carbocycles. The molecule has 0 amide bonds. The second-order valence-electron chi connectivity index (χ2n) is 7.88. The molecule has 1 heterocycles. The minimum atomic E-state index is -1.88. The molecule has 4 nitrogen and oxygen atoms in total. The molecule has 5 heteroatoms. The van der Waals surface area contributed by atoms with Gasteiger partial charge in [0.15, 0.2) is 20.4 Å². The fraction of sp³-hybridized carbons (Fsp3) is 0.824. The van der Waals surface area contributed by atoms with Crippen LogP contribution in [-0.2, 0) is 18.7 Å². The fourth-order valence-corrected chi connectivity index (χ4v) is 2.69. The average Bonchev–Trinajstić information content (AvgIpc) is 2.37. The molecule has 1 aliphatic rings. The molecular formula is C17H32O4Si. The van der Waals surface area contributed by atoms with Crippen molar-refractivity contribution < 1.29 is 18.7 Å². The van der Waals surface area contributed by atoms with Crippen molar-refractivity contribution in [2.24, 2.45) is 5.92 Å². The first-order chi connectivity index (χ1) is 10.0. The van der Waals surface area contributed by atoms with Gasteiger partial charge in [-0.3, -0.25) is 4.79 Å². The molecule has 22 heavy (non-hydrogen) atoms. The van der Waals surface area contributed by atoms with Crippen molar-refractivity contribution >= 4 is 14.1 Å². The molecule has 0 unspecified atom stereocenters.